The Labute approximate surface area is 180 Å². The van der Waals surface area contributed by atoms with Crippen molar-refractivity contribution in [2.75, 3.05) is 0 Å². The monoisotopic (exact) mass is 424 g/mol. The maximum atomic E-state index is 14.5. The van der Waals surface area contributed by atoms with E-state index >= 15 is 0 Å². The van der Waals surface area contributed by atoms with E-state index in [1.807, 2.05) is 20.8 Å². The lowest BCUT2D eigenvalue weighted by molar-refractivity contribution is -0.127. The van der Waals surface area contributed by atoms with Crippen LogP contribution in [0.5, 0.6) is 0 Å². The number of aryl methyl sites for hydroxylation is 3. The third-order valence-corrected chi connectivity index (χ3v) is 7.49. The quantitative estimate of drug-likeness (QED) is 0.661. The summed E-state index contributed by atoms with van der Waals surface area (Å²) in [6.07, 6.45) is 1.07. The molecule has 5 heteroatoms. The van der Waals surface area contributed by atoms with Crippen LogP contribution in [-0.4, -0.2) is 23.8 Å². The third-order valence-electron chi connectivity index (χ3n) is 7.49. The number of rotatable bonds is 4. The van der Waals surface area contributed by atoms with Crippen molar-refractivity contribution in [2.24, 2.45) is 11.8 Å². The molecule has 3 nitrogen and oxygen atoms in total. The average molecular weight is 424 g/mol. The molecule has 2 aromatic rings. The van der Waals surface area contributed by atoms with Crippen molar-refractivity contribution in [1.29, 1.82) is 0 Å². The summed E-state index contributed by atoms with van der Waals surface area (Å²) in [5, 5.41) is 0. The average Bonchev–Trinajstić information content (AvgIpc) is 3.39. The molecule has 0 aromatic heterocycles. The Bertz CT molecular complexity index is 1070. The molecule has 2 aromatic carbocycles. The minimum Gasteiger partial charge on any atom is -0.373 e. The van der Waals surface area contributed by atoms with Crippen LogP contribution < -0.4 is 0 Å². The molecule has 0 radical (unpaired) electrons. The van der Waals surface area contributed by atoms with E-state index in [9.17, 15) is 18.4 Å². The van der Waals surface area contributed by atoms with E-state index in [1.165, 1.54) is 12.1 Å². The van der Waals surface area contributed by atoms with Gasteiger partial charge in [0.1, 0.15) is 17.6 Å². The Morgan fingerprint density at radius 2 is 1.61 bits per heavy atom. The van der Waals surface area contributed by atoms with Gasteiger partial charge in [-0.3, -0.25) is 9.59 Å². The zero-order chi connectivity index (χ0) is 22.0. The summed E-state index contributed by atoms with van der Waals surface area (Å²) in [5.41, 5.74) is 4.49. The molecule has 2 heterocycles. The molecule has 0 amide bonds. The predicted molar refractivity (Wildman–Crippen MR) is 112 cm³/mol. The van der Waals surface area contributed by atoms with Crippen molar-refractivity contribution in [2.45, 2.75) is 64.1 Å². The van der Waals surface area contributed by atoms with Gasteiger partial charge in [-0.2, -0.15) is 0 Å². The second-order valence-corrected chi connectivity index (χ2v) is 9.14. The molecule has 3 aliphatic rings. The van der Waals surface area contributed by atoms with E-state index in [0.717, 1.165) is 41.2 Å². The fourth-order valence-electron chi connectivity index (χ4n) is 6.26. The highest BCUT2D eigenvalue weighted by Gasteiger charge is 2.66. The minimum absolute atomic E-state index is 0.0474. The number of ketones is 2. The van der Waals surface area contributed by atoms with E-state index < -0.39 is 35.5 Å². The number of ether oxygens (including phenoxy) is 1. The van der Waals surface area contributed by atoms with Gasteiger partial charge >= 0.3 is 0 Å². The highest BCUT2D eigenvalue weighted by Crippen LogP contribution is 2.57. The lowest BCUT2D eigenvalue weighted by Gasteiger charge is -2.26. The van der Waals surface area contributed by atoms with Gasteiger partial charge in [-0.1, -0.05) is 37.6 Å². The molecule has 3 fully saturated rings. The summed E-state index contributed by atoms with van der Waals surface area (Å²) in [7, 11) is 0. The summed E-state index contributed by atoms with van der Waals surface area (Å²) in [6.45, 7) is 6.12. The number of halogens is 2. The van der Waals surface area contributed by atoms with Crippen molar-refractivity contribution in [3.63, 3.8) is 0 Å². The van der Waals surface area contributed by atoms with E-state index in [0.29, 0.717) is 12.0 Å². The number of Topliss-reactive ketones (excluding diaryl/α,β-unsaturated/α-hetero) is 2. The SMILES string of the molecule is CCc1cc(C)cc(CC)c1C1C(=O)[C@@H]2[C@@H]3O[C@@H](C[C@H]3c3ccc(F)cc3F)[C@@H]2C1=O. The van der Waals surface area contributed by atoms with Gasteiger partial charge < -0.3 is 4.74 Å². The van der Waals surface area contributed by atoms with Gasteiger partial charge in [-0.15, -0.1) is 0 Å². The van der Waals surface area contributed by atoms with Crippen LogP contribution >= 0.6 is 0 Å². The summed E-state index contributed by atoms with van der Waals surface area (Å²) in [4.78, 5) is 27.2. The fraction of sp³-hybridized carbons (Fsp3) is 0.462. The first-order valence-electron chi connectivity index (χ1n) is 11.2. The van der Waals surface area contributed by atoms with Crippen LogP contribution in [0.3, 0.4) is 0 Å². The smallest absolute Gasteiger partial charge is 0.154 e. The number of fused-ring (bicyclic) bond motifs is 5. The van der Waals surface area contributed by atoms with Crippen molar-refractivity contribution < 1.29 is 23.1 Å². The van der Waals surface area contributed by atoms with E-state index in [4.69, 9.17) is 4.74 Å². The fourth-order valence-corrected chi connectivity index (χ4v) is 6.26. The largest absolute Gasteiger partial charge is 0.373 e. The Morgan fingerprint density at radius 3 is 2.23 bits per heavy atom. The molecular formula is C26H26F2O3. The van der Waals surface area contributed by atoms with Crippen molar-refractivity contribution in [3.8, 4) is 0 Å². The first-order valence-corrected chi connectivity index (χ1v) is 11.2. The summed E-state index contributed by atoms with van der Waals surface area (Å²) < 4.78 is 33.9. The Kier molecular flexibility index (Phi) is 4.85. The van der Waals surface area contributed by atoms with Crippen molar-refractivity contribution in [3.05, 3.63) is 69.8 Å². The van der Waals surface area contributed by atoms with Crippen LogP contribution in [0.15, 0.2) is 30.3 Å². The predicted octanol–water partition coefficient (Wildman–Crippen LogP) is 4.82. The molecule has 0 N–H and O–H groups in total. The second-order valence-electron chi connectivity index (χ2n) is 9.14. The first-order chi connectivity index (χ1) is 14.8. The number of benzene rings is 2. The topological polar surface area (TPSA) is 43.4 Å². The molecule has 0 spiro atoms. The van der Waals surface area contributed by atoms with Crippen LogP contribution in [0.4, 0.5) is 8.78 Å². The maximum absolute atomic E-state index is 14.5. The minimum atomic E-state index is -0.758. The highest BCUT2D eigenvalue weighted by atomic mass is 19.1. The van der Waals surface area contributed by atoms with Crippen LogP contribution in [0.2, 0.25) is 0 Å². The zero-order valence-electron chi connectivity index (χ0n) is 18.0. The Balaban J connectivity index is 1.54. The van der Waals surface area contributed by atoms with E-state index in [1.54, 1.807) is 0 Å². The third kappa shape index (κ3) is 2.93. The van der Waals surface area contributed by atoms with Gasteiger partial charge in [0.05, 0.1) is 24.0 Å². The molecule has 5 rings (SSSR count). The number of carbonyl (C=O) groups is 2. The molecule has 1 saturated carbocycles. The van der Waals surface area contributed by atoms with Gasteiger partial charge in [-0.05, 0) is 54.5 Å². The van der Waals surface area contributed by atoms with Crippen LogP contribution in [0.25, 0.3) is 0 Å². The van der Waals surface area contributed by atoms with Crippen molar-refractivity contribution in [1.82, 2.24) is 0 Å². The molecule has 6 atom stereocenters. The van der Waals surface area contributed by atoms with E-state index in [2.05, 4.69) is 12.1 Å². The molecule has 1 aliphatic carbocycles. The maximum Gasteiger partial charge on any atom is 0.154 e. The molecular weight excluding hydrogens is 398 g/mol. The Morgan fingerprint density at radius 1 is 0.968 bits per heavy atom. The standard InChI is InChI=1S/C26H26F2O3/c1-4-13-8-12(3)9-14(5-2)20(13)22-24(29)21-19-11-17(26(31-19)23(21)25(22)30)16-7-6-15(27)10-18(16)28/h6-10,17,19,21-23,26H,4-5,11H2,1-3H3/t17-,19-,21-,22?,23+,26+/m0/s1. The van der Waals surface area contributed by atoms with Crippen LogP contribution in [0.1, 0.15) is 59.9 Å². The van der Waals surface area contributed by atoms with E-state index in [-0.39, 0.29) is 23.6 Å². The molecule has 2 bridgehead atoms. The number of carbonyl (C=O) groups excluding carboxylic acids is 2. The van der Waals surface area contributed by atoms with Gasteiger partial charge in [0, 0.05) is 12.0 Å². The van der Waals surface area contributed by atoms with Gasteiger partial charge in [0.25, 0.3) is 0 Å². The highest BCUT2D eigenvalue weighted by molar-refractivity contribution is 6.17. The summed E-state index contributed by atoms with van der Waals surface area (Å²) >= 11 is 0. The number of hydrogen-bond acceptors (Lipinski definition) is 3. The first kappa shape index (κ1) is 20.5. The molecule has 2 saturated heterocycles. The molecule has 1 unspecified atom stereocenters. The van der Waals surface area contributed by atoms with Gasteiger partial charge in [0.2, 0.25) is 0 Å². The normalized spacial score (nSPS) is 31.5. The lowest BCUT2D eigenvalue weighted by atomic mass is 9.73. The molecule has 162 valence electrons. The summed E-state index contributed by atoms with van der Waals surface area (Å²) in [5.74, 6) is -3.50. The second kappa shape index (κ2) is 7.33. The van der Waals surface area contributed by atoms with Crippen molar-refractivity contribution >= 4 is 11.6 Å². The Hall–Kier alpha value is -2.40. The van der Waals surface area contributed by atoms with Gasteiger partial charge in [-0.25, -0.2) is 8.78 Å². The van der Waals surface area contributed by atoms with Gasteiger partial charge in [0.15, 0.2) is 11.6 Å². The lowest BCUT2D eigenvalue weighted by Crippen LogP contribution is -2.34. The zero-order valence-corrected chi connectivity index (χ0v) is 18.0. The summed E-state index contributed by atoms with van der Waals surface area (Å²) in [6, 6.07) is 7.70. The molecule has 31 heavy (non-hydrogen) atoms. The number of hydrogen-bond donors (Lipinski definition) is 0. The van der Waals surface area contributed by atoms with Crippen LogP contribution in [-0.2, 0) is 27.2 Å². The van der Waals surface area contributed by atoms with Crippen LogP contribution in [0, 0.1) is 30.4 Å². The molecule has 2 aliphatic heterocycles.